The van der Waals surface area contributed by atoms with Gasteiger partial charge in [0.25, 0.3) is 0 Å². The molecule has 0 amide bonds. The average Bonchev–Trinajstić information content (AvgIpc) is 2.33. The quantitative estimate of drug-likeness (QED) is 0.841. The third kappa shape index (κ3) is 2.77. The monoisotopic (exact) mass is 324 g/mol. The van der Waals surface area contributed by atoms with E-state index in [0.717, 1.165) is 31.7 Å². The van der Waals surface area contributed by atoms with E-state index in [1.807, 2.05) is 50.2 Å². The van der Waals surface area contributed by atoms with Crippen molar-refractivity contribution in [3.05, 3.63) is 68.1 Å². The molecule has 94 valence electrons. The van der Waals surface area contributed by atoms with Crippen LogP contribution < -0.4 is 0 Å². The van der Waals surface area contributed by atoms with E-state index in [1.54, 1.807) is 0 Å². The number of benzene rings is 2. The highest BCUT2D eigenvalue weighted by Gasteiger charge is 2.14. The predicted molar refractivity (Wildman–Crippen MR) is 79.1 cm³/mol. The minimum Gasteiger partial charge on any atom is -0.384 e. The highest BCUT2D eigenvalue weighted by atomic mass is 79.9. The molecule has 0 saturated heterocycles. The Kier molecular flexibility index (Phi) is 4.10. The zero-order valence-corrected chi connectivity index (χ0v) is 12.6. The van der Waals surface area contributed by atoms with Crippen LogP contribution in [0.3, 0.4) is 0 Å². The third-order valence-electron chi connectivity index (χ3n) is 3.01. The van der Waals surface area contributed by atoms with Crippen LogP contribution in [0.5, 0.6) is 0 Å². The molecular formula is C15H14BrClO. The van der Waals surface area contributed by atoms with Crippen molar-refractivity contribution in [2.24, 2.45) is 0 Å². The van der Waals surface area contributed by atoms with Crippen molar-refractivity contribution in [3.8, 4) is 0 Å². The first-order valence-corrected chi connectivity index (χ1v) is 6.86. The first kappa shape index (κ1) is 13.6. The molecule has 0 aliphatic rings. The Morgan fingerprint density at radius 3 is 2.50 bits per heavy atom. The molecule has 1 atom stereocenters. The van der Waals surface area contributed by atoms with Gasteiger partial charge in [-0.15, -0.1) is 0 Å². The van der Waals surface area contributed by atoms with Gasteiger partial charge in [0.1, 0.15) is 6.10 Å². The summed E-state index contributed by atoms with van der Waals surface area (Å²) in [5.41, 5.74) is 3.74. The van der Waals surface area contributed by atoms with Crippen molar-refractivity contribution in [1.29, 1.82) is 0 Å². The molecule has 0 aliphatic heterocycles. The van der Waals surface area contributed by atoms with E-state index in [-0.39, 0.29) is 0 Å². The SMILES string of the molecule is Cc1cc(C(O)c2cccc(Br)c2)c(C)cc1Cl. The molecule has 1 nitrogen and oxygen atoms in total. The molecule has 0 fully saturated rings. The number of hydrogen-bond acceptors (Lipinski definition) is 1. The third-order valence-corrected chi connectivity index (χ3v) is 3.91. The number of hydrogen-bond donors (Lipinski definition) is 1. The maximum atomic E-state index is 10.4. The summed E-state index contributed by atoms with van der Waals surface area (Å²) in [4.78, 5) is 0. The normalized spacial score (nSPS) is 12.5. The zero-order valence-electron chi connectivity index (χ0n) is 10.2. The van der Waals surface area contributed by atoms with Gasteiger partial charge in [0.05, 0.1) is 0 Å². The number of rotatable bonds is 2. The maximum Gasteiger partial charge on any atom is 0.104 e. The minimum atomic E-state index is -0.626. The standard InChI is InChI=1S/C15H14BrClO/c1-9-7-14(17)10(2)6-13(9)15(18)11-4-3-5-12(16)8-11/h3-8,15,18H,1-2H3. The molecule has 2 aromatic carbocycles. The number of aliphatic hydroxyl groups excluding tert-OH is 1. The van der Waals surface area contributed by atoms with Gasteiger partial charge in [-0.05, 0) is 54.3 Å². The van der Waals surface area contributed by atoms with E-state index in [0.29, 0.717) is 0 Å². The Balaban J connectivity index is 2.46. The fourth-order valence-corrected chi connectivity index (χ4v) is 2.59. The number of halogens is 2. The molecule has 0 radical (unpaired) electrons. The number of aryl methyl sites for hydroxylation is 2. The van der Waals surface area contributed by atoms with Crippen LogP contribution in [0.4, 0.5) is 0 Å². The van der Waals surface area contributed by atoms with Crippen molar-refractivity contribution in [2.75, 3.05) is 0 Å². The molecule has 0 bridgehead atoms. The van der Waals surface area contributed by atoms with Crippen molar-refractivity contribution in [3.63, 3.8) is 0 Å². The lowest BCUT2D eigenvalue weighted by atomic mass is 9.96. The maximum absolute atomic E-state index is 10.4. The van der Waals surface area contributed by atoms with E-state index in [2.05, 4.69) is 15.9 Å². The van der Waals surface area contributed by atoms with Gasteiger partial charge in [0.2, 0.25) is 0 Å². The fraction of sp³-hybridized carbons (Fsp3) is 0.200. The van der Waals surface area contributed by atoms with E-state index >= 15 is 0 Å². The Hall–Kier alpha value is -0.830. The lowest BCUT2D eigenvalue weighted by molar-refractivity contribution is 0.219. The Morgan fingerprint density at radius 2 is 1.83 bits per heavy atom. The molecule has 0 heterocycles. The van der Waals surface area contributed by atoms with Gasteiger partial charge in [-0.3, -0.25) is 0 Å². The van der Waals surface area contributed by atoms with Crippen LogP contribution in [0.25, 0.3) is 0 Å². The van der Waals surface area contributed by atoms with Crippen LogP contribution in [0.1, 0.15) is 28.4 Å². The van der Waals surface area contributed by atoms with E-state index in [9.17, 15) is 5.11 Å². The summed E-state index contributed by atoms with van der Waals surface area (Å²) < 4.78 is 0.961. The molecule has 18 heavy (non-hydrogen) atoms. The van der Waals surface area contributed by atoms with Crippen LogP contribution >= 0.6 is 27.5 Å². The van der Waals surface area contributed by atoms with Crippen LogP contribution in [-0.4, -0.2) is 5.11 Å². The second-order valence-electron chi connectivity index (χ2n) is 4.42. The van der Waals surface area contributed by atoms with Gasteiger partial charge in [0, 0.05) is 9.50 Å². The van der Waals surface area contributed by atoms with E-state index in [4.69, 9.17) is 11.6 Å². The van der Waals surface area contributed by atoms with Crippen LogP contribution in [-0.2, 0) is 0 Å². The van der Waals surface area contributed by atoms with Crippen molar-refractivity contribution in [1.82, 2.24) is 0 Å². The molecule has 1 N–H and O–H groups in total. The highest BCUT2D eigenvalue weighted by molar-refractivity contribution is 9.10. The number of aliphatic hydroxyl groups is 1. The molecule has 2 aromatic rings. The van der Waals surface area contributed by atoms with E-state index < -0.39 is 6.10 Å². The fourth-order valence-electron chi connectivity index (χ4n) is 1.95. The van der Waals surface area contributed by atoms with Crippen molar-refractivity contribution < 1.29 is 5.11 Å². The van der Waals surface area contributed by atoms with Gasteiger partial charge in [-0.25, -0.2) is 0 Å². The smallest absolute Gasteiger partial charge is 0.104 e. The summed E-state index contributed by atoms with van der Waals surface area (Å²) in [5.74, 6) is 0. The highest BCUT2D eigenvalue weighted by Crippen LogP contribution is 2.30. The lowest BCUT2D eigenvalue weighted by Gasteiger charge is -2.16. The van der Waals surface area contributed by atoms with Crippen LogP contribution in [0, 0.1) is 13.8 Å². The Morgan fingerprint density at radius 1 is 1.11 bits per heavy atom. The summed E-state index contributed by atoms with van der Waals surface area (Å²) in [6, 6.07) is 11.5. The molecule has 0 aromatic heterocycles. The van der Waals surface area contributed by atoms with Gasteiger partial charge in [0.15, 0.2) is 0 Å². The zero-order chi connectivity index (χ0) is 13.3. The molecular weight excluding hydrogens is 312 g/mol. The summed E-state index contributed by atoms with van der Waals surface area (Å²) in [6.45, 7) is 3.90. The average molecular weight is 326 g/mol. The minimum absolute atomic E-state index is 0.626. The van der Waals surface area contributed by atoms with Gasteiger partial charge >= 0.3 is 0 Å². The van der Waals surface area contributed by atoms with Gasteiger partial charge in [-0.2, -0.15) is 0 Å². The summed E-state index contributed by atoms with van der Waals surface area (Å²) >= 11 is 9.49. The molecule has 0 saturated carbocycles. The summed E-state index contributed by atoms with van der Waals surface area (Å²) in [7, 11) is 0. The van der Waals surface area contributed by atoms with Gasteiger partial charge in [-0.1, -0.05) is 45.7 Å². The van der Waals surface area contributed by atoms with Crippen LogP contribution in [0.15, 0.2) is 40.9 Å². The molecule has 0 aliphatic carbocycles. The molecule has 1 unspecified atom stereocenters. The second-order valence-corrected chi connectivity index (χ2v) is 5.74. The molecule has 2 rings (SSSR count). The lowest BCUT2D eigenvalue weighted by Crippen LogP contribution is -2.02. The first-order valence-electron chi connectivity index (χ1n) is 5.69. The topological polar surface area (TPSA) is 20.2 Å². The Bertz CT molecular complexity index is 581. The van der Waals surface area contributed by atoms with Crippen molar-refractivity contribution in [2.45, 2.75) is 20.0 Å². The van der Waals surface area contributed by atoms with Gasteiger partial charge < -0.3 is 5.11 Å². The summed E-state index contributed by atoms with van der Waals surface area (Å²) in [6.07, 6.45) is -0.626. The Labute approximate surface area is 121 Å². The van der Waals surface area contributed by atoms with E-state index in [1.165, 1.54) is 0 Å². The summed E-state index contributed by atoms with van der Waals surface area (Å²) in [5, 5.41) is 11.2. The van der Waals surface area contributed by atoms with Crippen LogP contribution in [0.2, 0.25) is 5.02 Å². The molecule has 3 heteroatoms. The first-order chi connectivity index (χ1) is 8.49. The van der Waals surface area contributed by atoms with Crippen molar-refractivity contribution >= 4 is 27.5 Å². The predicted octanol–water partition coefficient (Wildman–Crippen LogP) is 4.80. The largest absolute Gasteiger partial charge is 0.384 e. The second kappa shape index (κ2) is 5.43. The molecule has 0 spiro atoms.